The van der Waals surface area contributed by atoms with Gasteiger partial charge in [-0.1, -0.05) is 65.9 Å². The van der Waals surface area contributed by atoms with E-state index in [-0.39, 0.29) is 11.7 Å². The molecular weight excluding hydrogens is 469 g/mol. The van der Waals surface area contributed by atoms with Gasteiger partial charge in [-0.25, -0.2) is 4.39 Å². The van der Waals surface area contributed by atoms with Gasteiger partial charge in [0.05, 0.1) is 15.6 Å². The first-order valence-electron chi connectivity index (χ1n) is 9.65. The van der Waals surface area contributed by atoms with Crippen LogP contribution >= 0.6 is 35.6 Å². The third kappa shape index (κ3) is 5.12. The summed E-state index contributed by atoms with van der Waals surface area (Å²) < 4.78 is 25.2. The monoisotopic (exact) mass is 485 g/mol. The summed E-state index contributed by atoms with van der Waals surface area (Å²) in [5.41, 5.74) is 1.27. The van der Waals surface area contributed by atoms with Crippen molar-refractivity contribution in [1.82, 2.24) is 0 Å². The molecule has 0 spiro atoms. The number of benzene rings is 3. The maximum Gasteiger partial charge on any atom is 0.270 e. The fraction of sp³-hybridized carbons (Fsp3) is 0.0833. The molecule has 0 radical (unpaired) electrons. The first-order chi connectivity index (χ1) is 15.5. The molecule has 1 heterocycles. The molecule has 1 fully saturated rings. The average Bonchev–Trinajstić information content (AvgIpc) is 3.07. The molecule has 0 N–H and O–H groups in total. The van der Waals surface area contributed by atoms with Crippen molar-refractivity contribution < 1.29 is 18.7 Å². The largest absolute Gasteiger partial charge is 0.489 e. The lowest BCUT2D eigenvalue weighted by Crippen LogP contribution is -2.27. The highest BCUT2D eigenvalue weighted by atomic mass is 35.5. The van der Waals surface area contributed by atoms with Crippen LogP contribution in [0.25, 0.3) is 6.08 Å². The van der Waals surface area contributed by atoms with Gasteiger partial charge in [0.2, 0.25) is 0 Å². The van der Waals surface area contributed by atoms with Gasteiger partial charge in [0.25, 0.3) is 5.91 Å². The Hall–Kier alpha value is -2.87. The van der Waals surface area contributed by atoms with Crippen molar-refractivity contribution in [2.45, 2.75) is 0 Å². The highest BCUT2D eigenvalue weighted by Gasteiger charge is 2.33. The Kier molecular flexibility index (Phi) is 7.09. The molecule has 1 saturated heterocycles. The molecule has 1 aliphatic heterocycles. The molecule has 32 heavy (non-hydrogen) atoms. The number of hydrogen-bond donors (Lipinski definition) is 0. The first kappa shape index (κ1) is 22.3. The minimum absolute atomic E-state index is 0.261. The summed E-state index contributed by atoms with van der Waals surface area (Å²) in [5, 5.41) is 0.538. The molecule has 0 unspecified atom stereocenters. The van der Waals surface area contributed by atoms with Crippen LogP contribution in [0.15, 0.2) is 77.7 Å². The molecule has 3 aromatic rings. The van der Waals surface area contributed by atoms with E-state index in [2.05, 4.69) is 0 Å². The van der Waals surface area contributed by atoms with Crippen molar-refractivity contribution in [3.05, 3.63) is 94.1 Å². The molecule has 8 heteroatoms. The lowest BCUT2D eigenvalue weighted by molar-refractivity contribution is -0.113. The Morgan fingerprint density at radius 3 is 2.28 bits per heavy atom. The number of thioether (sulfide) groups is 1. The van der Waals surface area contributed by atoms with Crippen molar-refractivity contribution in [2.24, 2.45) is 0 Å². The second-order valence-electron chi connectivity index (χ2n) is 6.66. The van der Waals surface area contributed by atoms with Crippen LogP contribution < -0.4 is 14.4 Å². The quantitative estimate of drug-likeness (QED) is 0.222. The van der Waals surface area contributed by atoms with Gasteiger partial charge < -0.3 is 9.47 Å². The molecule has 0 aliphatic carbocycles. The smallest absolute Gasteiger partial charge is 0.270 e. The molecule has 4 rings (SSSR count). The summed E-state index contributed by atoms with van der Waals surface area (Å²) >= 11 is 12.7. The van der Waals surface area contributed by atoms with Crippen LogP contribution in [0, 0.1) is 5.82 Å². The molecule has 0 atom stereocenters. The standard InChI is InChI=1S/C24H17ClFNO3S2/c25-19-6-2-4-8-21(19)30-14-13-29-20-7-3-1-5-16(20)15-22-23(28)27(24(31)32-22)18-11-9-17(26)10-12-18/h1-12,15H,13-14H2/b22-15+. The summed E-state index contributed by atoms with van der Waals surface area (Å²) in [6.45, 7) is 0.608. The van der Waals surface area contributed by atoms with Crippen LogP contribution in [0.4, 0.5) is 10.1 Å². The van der Waals surface area contributed by atoms with E-state index in [0.717, 1.165) is 5.56 Å². The zero-order chi connectivity index (χ0) is 22.5. The zero-order valence-corrected chi connectivity index (χ0v) is 19.1. The van der Waals surface area contributed by atoms with Crippen molar-refractivity contribution >= 4 is 57.6 Å². The molecule has 1 aliphatic rings. The van der Waals surface area contributed by atoms with E-state index in [0.29, 0.717) is 44.6 Å². The molecule has 0 bridgehead atoms. The minimum atomic E-state index is -0.376. The lowest BCUT2D eigenvalue weighted by atomic mass is 10.2. The van der Waals surface area contributed by atoms with Crippen LogP contribution in [0.2, 0.25) is 5.02 Å². The Morgan fingerprint density at radius 1 is 0.938 bits per heavy atom. The van der Waals surface area contributed by atoms with Gasteiger partial charge in [0.1, 0.15) is 30.5 Å². The van der Waals surface area contributed by atoms with Crippen molar-refractivity contribution in [2.75, 3.05) is 18.1 Å². The predicted molar refractivity (Wildman–Crippen MR) is 131 cm³/mol. The molecular formula is C24H17ClFNO3S2. The fourth-order valence-corrected chi connectivity index (χ4v) is 4.50. The van der Waals surface area contributed by atoms with Crippen molar-refractivity contribution in [3.63, 3.8) is 0 Å². The summed E-state index contributed by atoms with van der Waals surface area (Å²) in [7, 11) is 0. The summed E-state index contributed by atoms with van der Waals surface area (Å²) in [4.78, 5) is 14.8. The number of carbonyl (C=O) groups is 1. The van der Waals surface area contributed by atoms with E-state index in [4.69, 9.17) is 33.3 Å². The predicted octanol–water partition coefficient (Wildman–Crippen LogP) is 6.34. The van der Waals surface area contributed by atoms with Gasteiger partial charge in [-0.2, -0.15) is 0 Å². The van der Waals surface area contributed by atoms with E-state index in [1.165, 1.54) is 40.9 Å². The Labute approximate surface area is 199 Å². The van der Waals surface area contributed by atoms with Crippen LogP contribution in [0.5, 0.6) is 11.5 Å². The maximum absolute atomic E-state index is 13.2. The van der Waals surface area contributed by atoms with Gasteiger partial charge in [-0.15, -0.1) is 0 Å². The molecule has 0 saturated carbocycles. The molecule has 1 amide bonds. The van der Waals surface area contributed by atoms with E-state index >= 15 is 0 Å². The van der Waals surface area contributed by atoms with Crippen LogP contribution in [0.3, 0.4) is 0 Å². The highest BCUT2D eigenvalue weighted by molar-refractivity contribution is 8.27. The maximum atomic E-state index is 13.2. The van der Waals surface area contributed by atoms with E-state index in [1.54, 1.807) is 18.2 Å². The topological polar surface area (TPSA) is 38.8 Å². The summed E-state index contributed by atoms with van der Waals surface area (Å²) in [6, 6.07) is 20.3. The van der Waals surface area contributed by atoms with E-state index in [9.17, 15) is 9.18 Å². The Balaban J connectivity index is 1.45. The number of amides is 1. The number of para-hydroxylation sites is 2. The van der Waals surface area contributed by atoms with Crippen LogP contribution in [-0.2, 0) is 4.79 Å². The third-order valence-electron chi connectivity index (χ3n) is 4.52. The summed E-state index contributed by atoms with van der Waals surface area (Å²) in [6.07, 6.45) is 1.74. The van der Waals surface area contributed by atoms with E-state index < -0.39 is 0 Å². The number of halogens is 2. The van der Waals surface area contributed by atoms with Gasteiger partial charge in [0.15, 0.2) is 4.32 Å². The van der Waals surface area contributed by atoms with Crippen LogP contribution in [-0.4, -0.2) is 23.4 Å². The van der Waals surface area contributed by atoms with Gasteiger partial charge in [-0.05, 0) is 48.5 Å². The number of nitrogens with zero attached hydrogens (tertiary/aromatic N) is 1. The number of anilines is 1. The van der Waals surface area contributed by atoms with Crippen LogP contribution in [0.1, 0.15) is 5.56 Å². The fourth-order valence-electron chi connectivity index (χ4n) is 3.02. The average molecular weight is 486 g/mol. The molecule has 0 aromatic heterocycles. The third-order valence-corrected chi connectivity index (χ3v) is 6.13. The number of hydrogen-bond acceptors (Lipinski definition) is 5. The number of thiocarbonyl (C=S) groups is 1. The van der Waals surface area contributed by atoms with Crippen molar-refractivity contribution in [1.29, 1.82) is 0 Å². The number of rotatable bonds is 7. The second-order valence-corrected chi connectivity index (χ2v) is 8.74. The molecule has 3 aromatic carbocycles. The SMILES string of the molecule is O=C1/C(=C\c2ccccc2OCCOc2ccccc2Cl)SC(=S)N1c1ccc(F)cc1. The van der Waals surface area contributed by atoms with Gasteiger partial charge in [-0.3, -0.25) is 9.69 Å². The molecule has 4 nitrogen and oxygen atoms in total. The Bertz CT molecular complexity index is 1180. The Morgan fingerprint density at radius 2 is 1.56 bits per heavy atom. The summed E-state index contributed by atoms with van der Waals surface area (Å²) in [5.74, 6) is 0.570. The zero-order valence-electron chi connectivity index (χ0n) is 16.7. The highest BCUT2D eigenvalue weighted by Crippen LogP contribution is 2.37. The van der Waals surface area contributed by atoms with Gasteiger partial charge in [0, 0.05) is 5.56 Å². The van der Waals surface area contributed by atoms with Crippen molar-refractivity contribution in [3.8, 4) is 11.5 Å². The normalized spacial score (nSPS) is 14.8. The number of carbonyl (C=O) groups excluding carboxylic acids is 1. The number of ether oxygens (including phenoxy) is 2. The second kappa shape index (κ2) is 10.2. The van der Waals surface area contributed by atoms with Gasteiger partial charge >= 0.3 is 0 Å². The lowest BCUT2D eigenvalue weighted by Gasteiger charge is -2.14. The van der Waals surface area contributed by atoms with E-state index in [1.807, 2.05) is 36.4 Å². The molecule has 162 valence electrons. The minimum Gasteiger partial charge on any atom is -0.489 e. The first-order valence-corrected chi connectivity index (χ1v) is 11.3.